The number of carbonyl (C=O) groups excluding carboxylic acids is 1. The van der Waals surface area contributed by atoms with Crippen LogP contribution in [0.1, 0.15) is 5.56 Å². The Bertz CT molecular complexity index is 441. The first-order valence-electron chi connectivity index (χ1n) is 8.14. The number of hydrogen-bond donors (Lipinski definition) is 5. The maximum atomic E-state index is 11.8. The van der Waals surface area contributed by atoms with E-state index in [2.05, 4.69) is 15.5 Å². The Hall–Kier alpha value is -1.71. The lowest BCUT2D eigenvalue weighted by atomic mass is 10.2. The highest BCUT2D eigenvalue weighted by molar-refractivity contribution is 5.67. The van der Waals surface area contributed by atoms with Gasteiger partial charge in [0.05, 0.1) is 6.61 Å². The molecule has 0 fully saturated rings. The summed E-state index contributed by atoms with van der Waals surface area (Å²) < 4.78 is 5.14. The van der Waals surface area contributed by atoms with Crippen molar-refractivity contribution in [3.8, 4) is 0 Å². The second-order valence-corrected chi connectivity index (χ2v) is 5.29. The van der Waals surface area contributed by atoms with Crippen LogP contribution in [0.4, 0.5) is 4.79 Å². The van der Waals surface area contributed by atoms with Crippen LogP contribution in [0.25, 0.3) is 0 Å². The van der Waals surface area contributed by atoms with E-state index in [0.717, 1.165) is 18.7 Å². The van der Waals surface area contributed by atoms with Gasteiger partial charge in [-0.2, -0.15) is 0 Å². The largest absolute Gasteiger partial charge is 0.428 e. The molecule has 0 aliphatic rings. The standard InChI is InChI=1S/C16H29N5O3/c17-6-9-21(10-7-18)11-8-19-15(13-22)24-16(23)20-12-14-4-2-1-3-5-14/h1-5,15,19,22H,6-13,17-18H2,(H,20,23). The van der Waals surface area contributed by atoms with Crippen LogP contribution in [-0.4, -0.2) is 68.2 Å². The number of alkyl carbamates (subject to hydrolysis) is 1. The molecule has 0 heterocycles. The molecular formula is C16H29N5O3. The molecule has 0 bridgehead atoms. The number of nitrogens with one attached hydrogen (secondary N) is 2. The molecule has 8 heteroatoms. The molecule has 0 radical (unpaired) electrons. The number of aliphatic hydroxyl groups excluding tert-OH is 1. The minimum Gasteiger partial charge on any atom is -0.428 e. The average molecular weight is 339 g/mol. The number of rotatable bonds is 12. The third-order valence-corrected chi connectivity index (χ3v) is 3.39. The number of amides is 1. The van der Waals surface area contributed by atoms with E-state index in [1.54, 1.807) is 0 Å². The zero-order valence-corrected chi connectivity index (χ0v) is 14.0. The fourth-order valence-corrected chi connectivity index (χ4v) is 2.17. The number of benzene rings is 1. The molecule has 0 saturated carbocycles. The Morgan fingerprint density at radius 1 is 1.17 bits per heavy atom. The maximum absolute atomic E-state index is 11.8. The van der Waals surface area contributed by atoms with Crippen LogP contribution in [0.3, 0.4) is 0 Å². The molecule has 24 heavy (non-hydrogen) atoms. The van der Waals surface area contributed by atoms with E-state index >= 15 is 0 Å². The zero-order chi connectivity index (χ0) is 17.6. The minimum absolute atomic E-state index is 0.299. The molecular weight excluding hydrogens is 310 g/mol. The SMILES string of the molecule is NCCN(CCN)CCNC(CO)OC(=O)NCc1ccccc1. The van der Waals surface area contributed by atoms with Crippen molar-refractivity contribution >= 4 is 6.09 Å². The Morgan fingerprint density at radius 2 is 1.83 bits per heavy atom. The van der Waals surface area contributed by atoms with E-state index in [-0.39, 0.29) is 6.61 Å². The highest BCUT2D eigenvalue weighted by atomic mass is 16.6. The fourth-order valence-electron chi connectivity index (χ4n) is 2.17. The lowest BCUT2D eigenvalue weighted by Crippen LogP contribution is -2.44. The van der Waals surface area contributed by atoms with Crippen molar-refractivity contribution in [2.24, 2.45) is 11.5 Å². The quantitative estimate of drug-likeness (QED) is 0.311. The van der Waals surface area contributed by atoms with Gasteiger partial charge in [0.1, 0.15) is 0 Å². The van der Waals surface area contributed by atoms with Gasteiger partial charge in [-0.3, -0.25) is 10.2 Å². The predicted octanol–water partition coefficient (Wildman–Crippen LogP) is -0.960. The van der Waals surface area contributed by atoms with Gasteiger partial charge in [0.15, 0.2) is 6.23 Å². The second-order valence-electron chi connectivity index (χ2n) is 5.29. The smallest absolute Gasteiger partial charge is 0.409 e. The van der Waals surface area contributed by atoms with Crippen molar-refractivity contribution in [1.82, 2.24) is 15.5 Å². The van der Waals surface area contributed by atoms with E-state index in [9.17, 15) is 9.90 Å². The van der Waals surface area contributed by atoms with E-state index in [0.29, 0.717) is 32.7 Å². The summed E-state index contributed by atoms with van der Waals surface area (Å²) in [5.74, 6) is 0. The first-order valence-corrected chi connectivity index (χ1v) is 8.14. The first-order chi connectivity index (χ1) is 11.7. The Kier molecular flexibility index (Phi) is 10.7. The molecule has 1 rings (SSSR count). The topological polar surface area (TPSA) is 126 Å². The number of carbonyl (C=O) groups is 1. The number of aliphatic hydroxyl groups is 1. The number of nitrogens with two attached hydrogens (primary N) is 2. The molecule has 1 aromatic carbocycles. The van der Waals surface area contributed by atoms with Gasteiger partial charge >= 0.3 is 6.09 Å². The van der Waals surface area contributed by atoms with Crippen molar-refractivity contribution in [2.45, 2.75) is 12.8 Å². The Labute approximate surface area is 143 Å². The summed E-state index contributed by atoms with van der Waals surface area (Å²) in [7, 11) is 0. The van der Waals surface area contributed by atoms with Gasteiger partial charge < -0.3 is 26.6 Å². The molecule has 136 valence electrons. The van der Waals surface area contributed by atoms with Crippen LogP contribution in [0.2, 0.25) is 0 Å². The summed E-state index contributed by atoms with van der Waals surface area (Å²) in [6, 6.07) is 9.52. The monoisotopic (exact) mass is 339 g/mol. The van der Waals surface area contributed by atoms with Gasteiger partial charge in [-0.05, 0) is 5.56 Å². The van der Waals surface area contributed by atoms with Crippen molar-refractivity contribution in [3.63, 3.8) is 0 Å². The lowest BCUT2D eigenvalue weighted by Gasteiger charge is -2.23. The molecule has 0 aliphatic heterocycles. The van der Waals surface area contributed by atoms with E-state index in [4.69, 9.17) is 16.2 Å². The minimum atomic E-state index is -0.752. The van der Waals surface area contributed by atoms with Gasteiger partial charge in [-0.15, -0.1) is 0 Å². The third kappa shape index (κ3) is 8.80. The number of nitrogens with zero attached hydrogens (tertiary/aromatic N) is 1. The highest BCUT2D eigenvalue weighted by Gasteiger charge is 2.13. The number of ether oxygens (including phenoxy) is 1. The molecule has 0 aliphatic carbocycles. The summed E-state index contributed by atoms with van der Waals surface area (Å²) in [6.45, 7) is 3.95. The molecule has 7 N–H and O–H groups in total. The maximum Gasteiger partial charge on any atom is 0.409 e. The van der Waals surface area contributed by atoms with Crippen molar-refractivity contribution in [2.75, 3.05) is 45.9 Å². The van der Waals surface area contributed by atoms with Gasteiger partial charge in [0.25, 0.3) is 0 Å². The molecule has 0 aromatic heterocycles. The molecule has 1 amide bonds. The average Bonchev–Trinajstić information content (AvgIpc) is 2.60. The van der Waals surface area contributed by atoms with Gasteiger partial charge in [-0.25, -0.2) is 4.79 Å². The van der Waals surface area contributed by atoms with Crippen LogP contribution < -0.4 is 22.1 Å². The summed E-state index contributed by atoms with van der Waals surface area (Å²) in [4.78, 5) is 13.9. The Balaban J connectivity index is 2.26. The van der Waals surface area contributed by atoms with Crippen molar-refractivity contribution in [1.29, 1.82) is 0 Å². The van der Waals surface area contributed by atoms with Crippen molar-refractivity contribution < 1.29 is 14.6 Å². The van der Waals surface area contributed by atoms with E-state index in [1.165, 1.54) is 0 Å². The van der Waals surface area contributed by atoms with E-state index < -0.39 is 12.3 Å². The molecule has 0 spiro atoms. The summed E-state index contributed by atoms with van der Waals surface area (Å²) >= 11 is 0. The van der Waals surface area contributed by atoms with E-state index in [1.807, 2.05) is 30.3 Å². The van der Waals surface area contributed by atoms with Crippen LogP contribution in [0.5, 0.6) is 0 Å². The van der Waals surface area contributed by atoms with Crippen LogP contribution in [-0.2, 0) is 11.3 Å². The van der Waals surface area contributed by atoms with Gasteiger partial charge in [-0.1, -0.05) is 30.3 Å². The summed E-state index contributed by atoms with van der Waals surface area (Å²) in [6.07, 6.45) is -1.33. The normalized spacial score (nSPS) is 12.2. The van der Waals surface area contributed by atoms with Gasteiger partial charge in [0.2, 0.25) is 0 Å². The third-order valence-electron chi connectivity index (χ3n) is 3.39. The summed E-state index contributed by atoms with van der Waals surface area (Å²) in [5, 5.41) is 14.9. The first kappa shape index (κ1) is 20.3. The molecule has 1 unspecified atom stereocenters. The molecule has 1 atom stereocenters. The summed E-state index contributed by atoms with van der Waals surface area (Å²) in [5.41, 5.74) is 12.1. The highest BCUT2D eigenvalue weighted by Crippen LogP contribution is 1.98. The van der Waals surface area contributed by atoms with Crippen molar-refractivity contribution in [3.05, 3.63) is 35.9 Å². The fraction of sp³-hybridized carbons (Fsp3) is 0.562. The van der Waals surface area contributed by atoms with Crippen LogP contribution >= 0.6 is 0 Å². The zero-order valence-electron chi connectivity index (χ0n) is 14.0. The molecule has 0 saturated heterocycles. The number of hydrogen-bond acceptors (Lipinski definition) is 7. The second kappa shape index (κ2) is 12.7. The Morgan fingerprint density at radius 3 is 2.42 bits per heavy atom. The molecule has 1 aromatic rings. The van der Waals surface area contributed by atoms with Gasteiger partial charge in [0, 0.05) is 45.8 Å². The van der Waals surface area contributed by atoms with Crippen LogP contribution in [0, 0.1) is 0 Å². The molecule has 8 nitrogen and oxygen atoms in total. The lowest BCUT2D eigenvalue weighted by molar-refractivity contribution is 0.0361. The van der Waals surface area contributed by atoms with Crippen LogP contribution in [0.15, 0.2) is 30.3 Å². The predicted molar refractivity (Wildman–Crippen MR) is 93.2 cm³/mol.